The number of thioether (sulfide) groups is 1. The molecule has 0 unspecified atom stereocenters. The van der Waals surface area contributed by atoms with Gasteiger partial charge in [-0.1, -0.05) is 0 Å². The first-order valence-electron chi connectivity index (χ1n) is 8.04. The van der Waals surface area contributed by atoms with Crippen molar-refractivity contribution in [2.24, 2.45) is 5.73 Å². The predicted octanol–water partition coefficient (Wildman–Crippen LogP) is 2.91. The fourth-order valence-corrected chi connectivity index (χ4v) is 3.52. The maximum atomic E-state index is 12.4. The first-order valence-corrected chi connectivity index (χ1v) is 10.1. The van der Waals surface area contributed by atoms with Crippen LogP contribution in [0, 0.1) is 0 Å². The summed E-state index contributed by atoms with van der Waals surface area (Å²) in [6.07, 6.45) is 0. The average molecular weight is 396 g/mol. The molecule has 0 aliphatic carbocycles. The highest BCUT2D eigenvalue weighted by Gasteiger charge is 2.13. The van der Waals surface area contributed by atoms with Crippen molar-refractivity contribution in [3.8, 4) is 11.5 Å². The average Bonchev–Trinajstić information content (AvgIpc) is 3.03. The van der Waals surface area contributed by atoms with E-state index in [2.05, 4.69) is 10.3 Å². The van der Waals surface area contributed by atoms with Crippen molar-refractivity contribution < 1.29 is 19.1 Å². The van der Waals surface area contributed by atoms with E-state index < -0.39 is 0 Å². The summed E-state index contributed by atoms with van der Waals surface area (Å²) in [6, 6.07) is 5.05. The fourth-order valence-electron chi connectivity index (χ4n) is 2.05. The van der Waals surface area contributed by atoms with E-state index in [0.717, 1.165) is 5.69 Å². The van der Waals surface area contributed by atoms with E-state index in [9.17, 15) is 9.59 Å². The van der Waals surface area contributed by atoms with Crippen molar-refractivity contribution in [3.63, 3.8) is 0 Å². The number of benzene rings is 1. The quantitative estimate of drug-likeness (QED) is 0.641. The minimum atomic E-state index is -0.362. The van der Waals surface area contributed by atoms with E-state index in [0.29, 0.717) is 41.2 Å². The summed E-state index contributed by atoms with van der Waals surface area (Å²) in [4.78, 5) is 27.5. The summed E-state index contributed by atoms with van der Waals surface area (Å²) >= 11 is 2.71. The molecule has 1 heterocycles. The fraction of sp³-hybridized carbons (Fsp3) is 0.353. The Morgan fingerprint density at radius 1 is 1.23 bits per heavy atom. The van der Waals surface area contributed by atoms with Gasteiger partial charge < -0.3 is 15.2 Å². The number of primary amides is 1. The van der Waals surface area contributed by atoms with Crippen molar-refractivity contribution >= 4 is 40.0 Å². The van der Waals surface area contributed by atoms with Gasteiger partial charge in [0.1, 0.15) is 0 Å². The molecule has 0 aliphatic heterocycles. The monoisotopic (exact) mass is 395 g/mol. The molecule has 0 atom stereocenters. The van der Waals surface area contributed by atoms with E-state index in [-0.39, 0.29) is 17.6 Å². The number of hydrogen-bond donors (Lipinski definition) is 2. The number of hydrogen-bond acceptors (Lipinski definition) is 7. The van der Waals surface area contributed by atoms with Gasteiger partial charge >= 0.3 is 0 Å². The van der Waals surface area contributed by atoms with Crippen LogP contribution in [-0.4, -0.2) is 35.8 Å². The summed E-state index contributed by atoms with van der Waals surface area (Å²) in [7, 11) is 0. The number of carbonyl (C=O) groups is 2. The number of ether oxygens (including phenoxy) is 2. The Bertz CT molecular complexity index is 764. The van der Waals surface area contributed by atoms with Gasteiger partial charge in [0.2, 0.25) is 5.91 Å². The third-order valence-corrected chi connectivity index (χ3v) is 4.87. The Morgan fingerprint density at radius 3 is 2.65 bits per heavy atom. The van der Waals surface area contributed by atoms with Crippen LogP contribution in [0.25, 0.3) is 0 Å². The van der Waals surface area contributed by atoms with Gasteiger partial charge in [0.05, 0.1) is 24.7 Å². The molecule has 2 rings (SSSR count). The van der Waals surface area contributed by atoms with E-state index in [1.807, 2.05) is 19.2 Å². The van der Waals surface area contributed by atoms with Gasteiger partial charge in [0.25, 0.3) is 5.91 Å². The largest absolute Gasteiger partial charge is 0.490 e. The molecule has 140 valence electrons. The van der Waals surface area contributed by atoms with E-state index in [1.165, 1.54) is 23.1 Å². The number of carbonyl (C=O) groups excluding carboxylic acids is 2. The number of amides is 2. The lowest BCUT2D eigenvalue weighted by atomic mass is 10.2. The molecule has 0 spiro atoms. The molecule has 0 bridgehead atoms. The Balaban J connectivity index is 2.02. The van der Waals surface area contributed by atoms with Crippen molar-refractivity contribution in [1.82, 2.24) is 4.98 Å². The van der Waals surface area contributed by atoms with E-state index in [1.54, 1.807) is 18.2 Å². The van der Waals surface area contributed by atoms with Gasteiger partial charge in [-0.05, 0) is 32.0 Å². The highest BCUT2D eigenvalue weighted by atomic mass is 32.2. The predicted molar refractivity (Wildman–Crippen MR) is 104 cm³/mol. The van der Waals surface area contributed by atoms with Crippen LogP contribution in [0.15, 0.2) is 23.6 Å². The van der Waals surface area contributed by atoms with Crippen LogP contribution in [0.5, 0.6) is 11.5 Å². The summed E-state index contributed by atoms with van der Waals surface area (Å²) in [5.41, 5.74) is 6.35. The third-order valence-electron chi connectivity index (χ3n) is 3.07. The van der Waals surface area contributed by atoms with Gasteiger partial charge in [-0.15, -0.1) is 23.1 Å². The van der Waals surface area contributed by atoms with Crippen molar-refractivity contribution in [1.29, 1.82) is 0 Å². The molecule has 1 aromatic heterocycles. The van der Waals surface area contributed by atoms with Gasteiger partial charge in [-0.3, -0.25) is 14.9 Å². The van der Waals surface area contributed by atoms with Crippen LogP contribution in [0.3, 0.4) is 0 Å². The highest BCUT2D eigenvalue weighted by Crippen LogP contribution is 2.29. The second kappa shape index (κ2) is 10.0. The SMILES string of the molecule is CCOc1ccc(C(=O)Nc2nc(CSCC(N)=O)cs2)cc1OCC. The Morgan fingerprint density at radius 2 is 1.96 bits per heavy atom. The van der Waals surface area contributed by atoms with Crippen LogP contribution in [0.1, 0.15) is 29.9 Å². The Hall–Kier alpha value is -2.26. The van der Waals surface area contributed by atoms with E-state index >= 15 is 0 Å². The lowest BCUT2D eigenvalue weighted by Crippen LogP contribution is -2.13. The number of rotatable bonds is 10. The summed E-state index contributed by atoms with van der Waals surface area (Å²) in [6.45, 7) is 4.75. The molecule has 1 aromatic carbocycles. The second-order valence-corrected chi connectivity index (χ2v) is 6.93. The smallest absolute Gasteiger partial charge is 0.257 e. The minimum Gasteiger partial charge on any atom is -0.490 e. The molecule has 0 saturated carbocycles. The minimum absolute atomic E-state index is 0.242. The third kappa shape index (κ3) is 5.92. The van der Waals surface area contributed by atoms with Crippen molar-refractivity contribution in [2.75, 3.05) is 24.3 Å². The van der Waals surface area contributed by atoms with Crippen molar-refractivity contribution in [3.05, 3.63) is 34.8 Å². The lowest BCUT2D eigenvalue weighted by molar-refractivity contribution is -0.115. The maximum Gasteiger partial charge on any atom is 0.257 e. The van der Waals surface area contributed by atoms with Crippen LogP contribution in [0.4, 0.5) is 5.13 Å². The van der Waals surface area contributed by atoms with E-state index in [4.69, 9.17) is 15.2 Å². The maximum absolute atomic E-state index is 12.4. The molecule has 0 saturated heterocycles. The molecule has 2 amide bonds. The van der Waals surface area contributed by atoms with Gasteiger partial charge in [0, 0.05) is 16.7 Å². The molecule has 0 aliphatic rings. The molecular formula is C17H21N3O4S2. The molecule has 3 N–H and O–H groups in total. The van der Waals surface area contributed by atoms with Gasteiger partial charge in [0.15, 0.2) is 16.6 Å². The zero-order chi connectivity index (χ0) is 18.9. The lowest BCUT2D eigenvalue weighted by Gasteiger charge is -2.12. The molecule has 7 nitrogen and oxygen atoms in total. The van der Waals surface area contributed by atoms with Crippen LogP contribution >= 0.6 is 23.1 Å². The molecule has 9 heteroatoms. The summed E-state index contributed by atoms with van der Waals surface area (Å²) in [5, 5.41) is 5.11. The number of thiazole rings is 1. The molecule has 0 radical (unpaired) electrons. The number of anilines is 1. The molecule has 0 fully saturated rings. The molecule has 2 aromatic rings. The van der Waals surface area contributed by atoms with Crippen LogP contribution in [-0.2, 0) is 10.5 Å². The van der Waals surface area contributed by atoms with Gasteiger partial charge in [-0.2, -0.15) is 0 Å². The Kier molecular flexibility index (Phi) is 7.73. The van der Waals surface area contributed by atoms with Crippen LogP contribution in [0.2, 0.25) is 0 Å². The zero-order valence-electron chi connectivity index (χ0n) is 14.6. The first kappa shape index (κ1) is 20.1. The molecular weight excluding hydrogens is 374 g/mol. The highest BCUT2D eigenvalue weighted by molar-refractivity contribution is 7.99. The number of nitrogens with zero attached hydrogens (tertiary/aromatic N) is 1. The first-order chi connectivity index (χ1) is 12.5. The second-order valence-electron chi connectivity index (χ2n) is 5.08. The topological polar surface area (TPSA) is 104 Å². The zero-order valence-corrected chi connectivity index (χ0v) is 16.2. The summed E-state index contributed by atoms with van der Waals surface area (Å²) < 4.78 is 11.0. The number of aromatic nitrogens is 1. The Labute approximate surface area is 160 Å². The normalized spacial score (nSPS) is 10.4. The number of nitrogens with one attached hydrogen (secondary N) is 1. The number of nitrogens with two attached hydrogens (primary N) is 1. The van der Waals surface area contributed by atoms with Crippen molar-refractivity contribution in [2.45, 2.75) is 19.6 Å². The molecule has 26 heavy (non-hydrogen) atoms. The summed E-state index contributed by atoms with van der Waals surface area (Å²) in [5.74, 6) is 1.30. The van der Waals surface area contributed by atoms with Crippen LogP contribution < -0.4 is 20.5 Å². The van der Waals surface area contributed by atoms with Gasteiger partial charge in [-0.25, -0.2) is 4.98 Å². The standard InChI is InChI=1S/C17H21N3O4S2/c1-3-23-13-6-5-11(7-14(13)24-4-2)16(22)20-17-19-12(9-26-17)8-25-10-15(18)21/h5-7,9H,3-4,8,10H2,1-2H3,(H2,18,21)(H,19,20,22).